The lowest BCUT2D eigenvalue weighted by molar-refractivity contribution is -0.122. The van der Waals surface area contributed by atoms with E-state index in [4.69, 9.17) is 0 Å². The molecule has 1 aliphatic carbocycles. The Morgan fingerprint density at radius 1 is 1.30 bits per heavy atom. The van der Waals surface area contributed by atoms with Gasteiger partial charge in [0.25, 0.3) is 5.56 Å². The van der Waals surface area contributed by atoms with Crippen molar-refractivity contribution in [3.63, 3.8) is 0 Å². The molecule has 2 heterocycles. The Bertz CT molecular complexity index is 1020. The predicted octanol–water partition coefficient (Wildman–Crippen LogP) is 3.60. The van der Waals surface area contributed by atoms with Gasteiger partial charge in [-0.1, -0.05) is 43.7 Å². The molecule has 1 amide bonds. The molecule has 0 fully saturated rings. The van der Waals surface area contributed by atoms with Crippen LogP contribution in [0.3, 0.4) is 0 Å². The van der Waals surface area contributed by atoms with E-state index in [1.807, 2.05) is 30.3 Å². The van der Waals surface area contributed by atoms with Crippen molar-refractivity contribution >= 4 is 27.5 Å². The molecule has 3 aromatic rings. The number of thiophene rings is 1. The van der Waals surface area contributed by atoms with E-state index in [1.165, 1.54) is 15.8 Å². The number of fused-ring (bicyclic) bond motifs is 3. The summed E-state index contributed by atoms with van der Waals surface area (Å²) in [5, 5.41) is 3.80. The lowest BCUT2D eigenvalue weighted by atomic mass is 10.0. The first-order chi connectivity index (χ1) is 13.2. The van der Waals surface area contributed by atoms with E-state index >= 15 is 0 Å². The maximum absolute atomic E-state index is 12.9. The van der Waals surface area contributed by atoms with Crippen molar-refractivity contribution in [2.75, 3.05) is 0 Å². The summed E-state index contributed by atoms with van der Waals surface area (Å²) in [5.74, 6) is -0.160. The summed E-state index contributed by atoms with van der Waals surface area (Å²) in [6.45, 7) is 2.10. The van der Waals surface area contributed by atoms with E-state index in [0.29, 0.717) is 0 Å². The van der Waals surface area contributed by atoms with E-state index in [2.05, 4.69) is 17.2 Å². The highest BCUT2D eigenvalue weighted by molar-refractivity contribution is 7.18. The first kappa shape index (κ1) is 17.9. The Kier molecular flexibility index (Phi) is 5.07. The first-order valence-corrected chi connectivity index (χ1v) is 10.3. The lowest BCUT2D eigenvalue weighted by Crippen LogP contribution is -2.34. The van der Waals surface area contributed by atoms with Gasteiger partial charge in [0.05, 0.1) is 17.8 Å². The SMILES string of the molecule is CCC[C@@H](NC(=O)Cn1cnc2sc3c(c2c1=O)CCC3)c1ccccc1. The molecule has 0 saturated heterocycles. The van der Waals surface area contributed by atoms with Crippen LogP contribution in [0.2, 0.25) is 0 Å². The Morgan fingerprint density at radius 2 is 2.11 bits per heavy atom. The van der Waals surface area contributed by atoms with Crippen molar-refractivity contribution in [3.8, 4) is 0 Å². The molecular weight excluding hydrogens is 358 g/mol. The van der Waals surface area contributed by atoms with Gasteiger partial charge in [0.1, 0.15) is 11.4 Å². The van der Waals surface area contributed by atoms with Crippen LogP contribution >= 0.6 is 11.3 Å². The van der Waals surface area contributed by atoms with Crippen molar-refractivity contribution in [2.45, 2.75) is 51.6 Å². The van der Waals surface area contributed by atoms with Crippen molar-refractivity contribution in [1.29, 1.82) is 0 Å². The minimum absolute atomic E-state index is 0.000554. The average Bonchev–Trinajstić information content (AvgIpc) is 3.25. The number of carbonyl (C=O) groups is 1. The summed E-state index contributed by atoms with van der Waals surface area (Å²) < 4.78 is 1.44. The molecule has 1 N–H and O–H groups in total. The number of rotatable bonds is 6. The van der Waals surface area contributed by atoms with Gasteiger partial charge in [-0.25, -0.2) is 4.98 Å². The molecule has 4 rings (SSSR count). The maximum atomic E-state index is 12.9. The summed E-state index contributed by atoms with van der Waals surface area (Å²) in [5.41, 5.74) is 2.14. The molecule has 140 valence electrons. The summed E-state index contributed by atoms with van der Waals surface area (Å²) in [6, 6.07) is 9.92. The summed E-state index contributed by atoms with van der Waals surface area (Å²) in [4.78, 5) is 32.1. The summed E-state index contributed by atoms with van der Waals surface area (Å²) in [7, 11) is 0. The number of carbonyl (C=O) groups excluding carboxylic acids is 1. The normalized spacial score (nSPS) is 14.3. The molecule has 0 radical (unpaired) electrons. The minimum Gasteiger partial charge on any atom is -0.348 e. The van der Waals surface area contributed by atoms with Gasteiger partial charge in [-0.2, -0.15) is 0 Å². The fourth-order valence-corrected chi connectivity index (χ4v) is 5.04. The molecule has 1 atom stereocenters. The number of hydrogen-bond donors (Lipinski definition) is 1. The molecule has 1 aliphatic rings. The van der Waals surface area contributed by atoms with Crippen LogP contribution in [0.1, 0.15) is 48.2 Å². The Labute approximate surface area is 162 Å². The van der Waals surface area contributed by atoms with Gasteiger partial charge < -0.3 is 5.32 Å². The summed E-state index contributed by atoms with van der Waals surface area (Å²) in [6.07, 6.45) is 6.41. The van der Waals surface area contributed by atoms with Crippen molar-refractivity contribution in [3.05, 3.63) is 63.0 Å². The van der Waals surface area contributed by atoms with Crippen LogP contribution in [0.5, 0.6) is 0 Å². The van der Waals surface area contributed by atoms with Gasteiger partial charge in [-0.3, -0.25) is 14.2 Å². The third-order valence-electron chi connectivity index (χ3n) is 5.12. The van der Waals surface area contributed by atoms with Crippen LogP contribution in [0.15, 0.2) is 41.5 Å². The van der Waals surface area contributed by atoms with Gasteiger partial charge in [-0.15, -0.1) is 11.3 Å². The van der Waals surface area contributed by atoms with E-state index < -0.39 is 0 Å². The second-order valence-corrected chi connectivity index (χ2v) is 8.12. The van der Waals surface area contributed by atoms with Gasteiger partial charge >= 0.3 is 0 Å². The molecule has 5 nitrogen and oxygen atoms in total. The molecule has 0 aliphatic heterocycles. The lowest BCUT2D eigenvalue weighted by Gasteiger charge is -2.19. The fourth-order valence-electron chi connectivity index (χ4n) is 3.82. The highest BCUT2D eigenvalue weighted by atomic mass is 32.1. The van der Waals surface area contributed by atoms with Gasteiger partial charge in [-0.05, 0) is 36.8 Å². The molecule has 1 aromatic carbocycles. The molecule has 0 unspecified atom stereocenters. The summed E-state index contributed by atoms with van der Waals surface area (Å²) >= 11 is 1.62. The topological polar surface area (TPSA) is 64.0 Å². The fraction of sp³-hybridized carbons (Fsp3) is 0.381. The Hall–Kier alpha value is -2.47. The number of aryl methyl sites for hydroxylation is 2. The van der Waals surface area contributed by atoms with E-state index in [9.17, 15) is 9.59 Å². The van der Waals surface area contributed by atoms with E-state index in [0.717, 1.165) is 53.4 Å². The zero-order valence-corrected chi connectivity index (χ0v) is 16.2. The second kappa shape index (κ2) is 7.64. The zero-order chi connectivity index (χ0) is 18.8. The second-order valence-electron chi connectivity index (χ2n) is 7.03. The van der Waals surface area contributed by atoms with Crippen LogP contribution in [0.25, 0.3) is 10.2 Å². The Balaban J connectivity index is 1.55. The molecular formula is C21H23N3O2S. The standard InChI is InChI=1S/C21H23N3O2S/c1-2-7-16(14-8-4-3-5-9-14)23-18(25)12-24-13-22-20-19(21(24)26)15-10-6-11-17(15)27-20/h3-5,8-9,13,16H,2,6-7,10-12H2,1H3,(H,23,25)/t16-/m1/s1. The maximum Gasteiger partial charge on any atom is 0.262 e. The van der Waals surface area contributed by atoms with E-state index in [1.54, 1.807) is 11.3 Å². The molecule has 0 spiro atoms. The first-order valence-electron chi connectivity index (χ1n) is 9.51. The molecule has 6 heteroatoms. The Morgan fingerprint density at radius 3 is 2.89 bits per heavy atom. The van der Waals surface area contributed by atoms with Crippen LogP contribution in [-0.2, 0) is 24.2 Å². The largest absolute Gasteiger partial charge is 0.348 e. The third kappa shape index (κ3) is 3.54. The van der Waals surface area contributed by atoms with Gasteiger partial charge in [0.15, 0.2) is 0 Å². The highest BCUT2D eigenvalue weighted by Gasteiger charge is 2.22. The van der Waals surface area contributed by atoms with E-state index in [-0.39, 0.29) is 24.1 Å². The number of hydrogen-bond acceptors (Lipinski definition) is 4. The minimum atomic E-state index is -0.160. The average molecular weight is 382 g/mol. The van der Waals surface area contributed by atoms with Gasteiger partial charge in [0.2, 0.25) is 5.91 Å². The molecule has 0 saturated carbocycles. The number of nitrogens with zero attached hydrogens (tertiary/aromatic N) is 2. The van der Waals surface area contributed by atoms with Crippen LogP contribution in [0.4, 0.5) is 0 Å². The number of aromatic nitrogens is 2. The molecule has 27 heavy (non-hydrogen) atoms. The quantitative estimate of drug-likeness (QED) is 0.709. The highest BCUT2D eigenvalue weighted by Crippen LogP contribution is 2.34. The number of amides is 1. The van der Waals surface area contributed by atoms with Crippen LogP contribution in [-0.4, -0.2) is 15.5 Å². The van der Waals surface area contributed by atoms with Crippen molar-refractivity contribution in [2.24, 2.45) is 0 Å². The molecule has 2 aromatic heterocycles. The number of nitrogens with one attached hydrogen (secondary N) is 1. The number of benzene rings is 1. The zero-order valence-electron chi connectivity index (χ0n) is 15.4. The predicted molar refractivity (Wildman–Crippen MR) is 108 cm³/mol. The van der Waals surface area contributed by atoms with Gasteiger partial charge in [0, 0.05) is 4.88 Å². The smallest absolute Gasteiger partial charge is 0.262 e. The van der Waals surface area contributed by atoms with Crippen LogP contribution < -0.4 is 10.9 Å². The van der Waals surface area contributed by atoms with Crippen LogP contribution in [0, 0.1) is 0 Å². The van der Waals surface area contributed by atoms with Crippen molar-refractivity contribution in [1.82, 2.24) is 14.9 Å². The molecule has 0 bridgehead atoms. The van der Waals surface area contributed by atoms with Crippen molar-refractivity contribution < 1.29 is 4.79 Å². The monoisotopic (exact) mass is 381 g/mol. The third-order valence-corrected chi connectivity index (χ3v) is 6.32.